The van der Waals surface area contributed by atoms with E-state index < -0.39 is 97.5 Å². The zero-order chi connectivity index (χ0) is 78.3. The summed E-state index contributed by atoms with van der Waals surface area (Å²) in [5.41, 5.74) is 0. The zero-order valence-corrected chi connectivity index (χ0v) is 72.1. The first-order chi connectivity index (χ1) is 52.1. The van der Waals surface area contributed by atoms with E-state index in [0.29, 0.717) is 25.7 Å². The van der Waals surface area contributed by atoms with Gasteiger partial charge in [-0.1, -0.05) is 426 Å². The van der Waals surface area contributed by atoms with E-state index in [9.17, 15) is 43.2 Å². The highest BCUT2D eigenvalue weighted by Crippen LogP contribution is 2.45. The summed E-state index contributed by atoms with van der Waals surface area (Å²) in [5.74, 6) is -1.23. The lowest BCUT2D eigenvalue weighted by atomic mass is 9.99. The van der Waals surface area contributed by atoms with Gasteiger partial charge in [0.1, 0.15) is 19.3 Å². The maximum Gasteiger partial charge on any atom is 0.472 e. The number of phosphoric acid groups is 2. The first kappa shape index (κ1) is 105. The van der Waals surface area contributed by atoms with Crippen molar-refractivity contribution in [1.29, 1.82) is 0 Å². The second-order valence-electron chi connectivity index (χ2n) is 31.9. The van der Waals surface area contributed by atoms with E-state index in [1.54, 1.807) is 0 Å². The molecule has 3 N–H and O–H groups in total. The largest absolute Gasteiger partial charge is 0.472 e. The van der Waals surface area contributed by atoms with Gasteiger partial charge in [-0.15, -0.1) is 0 Å². The summed E-state index contributed by atoms with van der Waals surface area (Å²) in [6.45, 7) is 7.43. The van der Waals surface area contributed by atoms with Gasteiger partial charge < -0.3 is 33.8 Å². The van der Waals surface area contributed by atoms with E-state index in [-0.39, 0.29) is 25.7 Å². The molecule has 0 aromatic heterocycles. The molecule has 0 aromatic carbocycles. The fourth-order valence-corrected chi connectivity index (χ4v) is 15.4. The molecule has 0 bridgehead atoms. The molecule has 0 spiro atoms. The second-order valence-corrected chi connectivity index (χ2v) is 34.8. The molecular formula is C88H172O17P2. The van der Waals surface area contributed by atoms with Crippen LogP contribution in [0.1, 0.15) is 478 Å². The Bertz CT molecular complexity index is 2030. The molecule has 0 aromatic rings. The third-order valence-electron chi connectivity index (χ3n) is 21.1. The van der Waals surface area contributed by atoms with E-state index in [1.807, 2.05) is 0 Å². The first-order valence-corrected chi connectivity index (χ1v) is 48.7. The second kappa shape index (κ2) is 80.7. The maximum atomic E-state index is 13.2. The van der Waals surface area contributed by atoms with Gasteiger partial charge in [-0.25, -0.2) is 9.13 Å². The molecule has 636 valence electrons. The summed E-state index contributed by atoms with van der Waals surface area (Å²) in [6.07, 6.45) is 75.1. The molecule has 0 heterocycles. The SMILES string of the molecule is CCCCCCCCCCCCCCCCCCCCCCCC(=O)OC[C@H](COP(=O)(O)OC[C@@H](O)COP(=O)(O)OC[C@@H](COC(=O)CCCCCCCCCCC)OC(=O)CCCCCCCCCCCCCCCCC)OC(=O)CCCCCCCCCCCCCCCCCCCCC(C)CC. The van der Waals surface area contributed by atoms with Crippen molar-refractivity contribution in [3.63, 3.8) is 0 Å². The van der Waals surface area contributed by atoms with Crippen LogP contribution < -0.4 is 0 Å². The fourth-order valence-electron chi connectivity index (χ4n) is 13.8. The van der Waals surface area contributed by atoms with Crippen LogP contribution in [-0.4, -0.2) is 96.7 Å². The number of rotatable bonds is 88. The summed E-state index contributed by atoms with van der Waals surface area (Å²) >= 11 is 0. The topological polar surface area (TPSA) is 237 Å². The Balaban J connectivity index is 5.19. The summed E-state index contributed by atoms with van der Waals surface area (Å²) in [6, 6.07) is 0. The van der Waals surface area contributed by atoms with Crippen LogP contribution >= 0.6 is 15.6 Å². The molecule has 107 heavy (non-hydrogen) atoms. The zero-order valence-electron chi connectivity index (χ0n) is 70.3. The summed E-state index contributed by atoms with van der Waals surface area (Å²) < 4.78 is 68.9. The minimum atomic E-state index is -4.97. The fraction of sp³-hybridized carbons (Fsp3) is 0.955. The van der Waals surface area contributed by atoms with Crippen molar-refractivity contribution < 1.29 is 80.2 Å². The van der Waals surface area contributed by atoms with Crippen LogP contribution in [0, 0.1) is 5.92 Å². The minimum Gasteiger partial charge on any atom is -0.462 e. The molecule has 0 rings (SSSR count). The van der Waals surface area contributed by atoms with Gasteiger partial charge in [0.2, 0.25) is 0 Å². The lowest BCUT2D eigenvalue weighted by Gasteiger charge is -2.21. The highest BCUT2D eigenvalue weighted by atomic mass is 31.2. The van der Waals surface area contributed by atoms with Gasteiger partial charge in [-0.2, -0.15) is 0 Å². The van der Waals surface area contributed by atoms with Crippen LogP contribution in [0.25, 0.3) is 0 Å². The van der Waals surface area contributed by atoms with Gasteiger partial charge in [0.15, 0.2) is 12.2 Å². The van der Waals surface area contributed by atoms with Crippen LogP contribution in [-0.2, 0) is 65.4 Å². The molecule has 0 saturated heterocycles. The number of phosphoric ester groups is 2. The number of aliphatic hydroxyl groups is 1. The van der Waals surface area contributed by atoms with Gasteiger partial charge in [0.05, 0.1) is 26.4 Å². The minimum absolute atomic E-state index is 0.109. The van der Waals surface area contributed by atoms with Crippen molar-refractivity contribution in [3.05, 3.63) is 0 Å². The number of esters is 4. The highest BCUT2D eigenvalue weighted by Gasteiger charge is 2.30. The van der Waals surface area contributed by atoms with Crippen molar-refractivity contribution in [2.75, 3.05) is 39.6 Å². The smallest absolute Gasteiger partial charge is 0.462 e. The molecule has 0 saturated carbocycles. The van der Waals surface area contributed by atoms with Crippen LogP contribution in [0.2, 0.25) is 0 Å². The normalized spacial score (nSPS) is 14.0. The summed E-state index contributed by atoms with van der Waals surface area (Å²) in [4.78, 5) is 73.2. The van der Waals surface area contributed by atoms with Gasteiger partial charge in [0.25, 0.3) is 0 Å². The first-order valence-electron chi connectivity index (χ1n) is 45.7. The lowest BCUT2D eigenvalue weighted by molar-refractivity contribution is -0.161. The molecule has 19 heteroatoms. The van der Waals surface area contributed by atoms with Gasteiger partial charge in [0, 0.05) is 25.7 Å². The summed E-state index contributed by atoms with van der Waals surface area (Å²) in [7, 11) is -9.93. The van der Waals surface area contributed by atoms with Crippen LogP contribution in [0.15, 0.2) is 0 Å². The average molecular weight is 1560 g/mol. The molecule has 0 aliphatic carbocycles. The number of hydrogen-bond donors (Lipinski definition) is 3. The van der Waals surface area contributed by atoms with Crippen molar-refractivity contribution in [3.8, 4) is 0 Å². The number of unbranched alkanes of at least 4 members (excludes halogenated alkanes) is 59. The van der Waals surface area contributed by atoms with E-state index in [0.717, 1.165) is 95.8 Å². The number of carbonyl (C=O) groups excluding carboxylic acids is 4. The van der Waals surface area contributed by atoms with Gasteiger partial charge >= 0.3 is 39.5 Å². The summed E-state index contributed by atoms with van der Waals surface area (Å²) in [5, 5.41) is 10.7. The third kappa shape index (κ3) is 80.5. The Morgan fingerprint density at radius 3 is 0.664 bits per heavy atom. The van der Waals surface area contributed by atoms with Crippen LogP contribution in [0.5, 0.6) is 0 Å². The Labute approximate surface area is 658 Å². The quantitative estimate of drug-likeness (QED) is 0.0222. The Morgan fingerprint density at radius 2 is 0.449 bits per heavy atom. The van der Waals surface area contributed by atoms with E-state index in [1.165, 1.54) is 302 Å². The van der Waals surface area contributed by atoms with E-state index in [2.05, 4.69) is 34.6 Å². The molecule has 0 amide bonds. The molecule has 3 unspecified atom stereocenters. The number of aliphatic hydroxyl groups excluding tert-OH is 1. The van der Waals surface area contributed by atoms with Crippen LogP contribution in [0.4, 0.5) is 0 Å². The number of carbonyl (C=O) groups is 4. The standard InChI is InChI=1S/C88H172O17P2/c1-6-10-13-16-19-22-24-26-28-29-30-31-32-36-40-43-47-52-57-62-67-72-86(91)99-78-84(105-88(93)74-69-64-59-54-49-45-41-37-34-33-35-39-42-46-51-55-60-65-70-81(5)9-4)80-103-107(96,97)101-76-82(89)75-100-106(94,95)102-79-83(77-98-85(90)71-66-61-56-50-21-18-15-12-8-3)104-87(92)73-68-63-58-53-48-44-38-27-25-23-20-17-14-11-7-2/h81-84,89H,6-80H2,1-5H3,(H,94,95)(H,96,97)/t81?,82-,83+,84+/m0/s1. The van der Waals surface area contributed by atoms with Crippen molar-refractivity contribution >= 4 is 39.5 Å². The predicted octanol–water partition coefficient (Wildman–Crippen LogP) is 27.2. The Kier molecular flexibility index (Phi) is 79.2. The predicted molar refractivity (Wildman–Crippen MR) is 442 cm³/mol. The molecule has 0 radical (unpaired) electrons. The van der Waals surface area contributed by atoms with Crippen molar-refractivity contribution in [1.82, 2.24) is 0 Å². The lowest BCUT2D eigenvalue weighted by Crippen LogP contribution is -2.30. The molecule has 0 aliphatic rings. The van der Waals surface area contributed by atoms with Gasteiger partial charge in [-0.3, -0.25) is 37.3 Å². The highest BCUT2D eigenvalue weighted by molar-refractivity contribution is 7.47. The van der Waals surface area contributed by atoms with Gasteiger partial charge in [-0.05, 0) is 31.6 Å². The molecule has 17 nitrogen and oxygen atoms in total. The van der Waals surface area contributed by atoms with Crippen molar-refractivity contribution in [2.24, 2.45) is 5.92 Å². The molecule has 6 atom stereocenters. The maximum absolute atomic E-state index is 13.2. The third-order valence-corrected chi connectivity index (χ3v) is 23.0. The van der Waals surface area contributed by atoms with Crippen molar-refractivity contribution in [2.45, 2.75) is 496 Å². The Morgan fingerprint density at radius 1 is 0.262 bits per heavy atom. The molecular weight excluding hydrogens is 1390 g/mol. The monoisotopic (exact) mass is 1560 g/mol. The van der Waals surface area contributed by atoms with Crippen LogP contribution in [0.3, 0.4) is 0 Å². The van der Waals surface area contributed by atoms with E-state index in [4.69, 9.17) is 37.0 Å². The average Bonchev–Trinajstić information content (AvgIpc) is 0.907. The Hall–Kier alpha value is -1.94. The van der Waals surface area contributed by atoms with E-state index >= 15 is 0 Å². The molecule has 0 fully saturated rings. The molecule has 0 aliphatic heterocycles. The number of ether oxygens (including phenoxy) is 4. The number of hydrogen-bond acceptors (Lipinski definition) is 15.